The third kappa shape index (κ3) is 3.91. The first kappa shape index (κ1) is 22.5. The van der Waals surface area contributed by atoms with Gasteiger partial charge in [0.25, 0.3) is 5.91 Å². The van der Waals surface area contributed by atoms with Crippen LogP contribution in [0.2, 0.25) is 5.02 Å². The first-order chi connectivity index (χ1) is 13.8. The molecule has 0 saturated heterocycles. The molecule has 0 unspecified atom stereocenters. The number of rotatable bonds is 5. The van der Waals surface area contributed by atoms with Gasteiger partial charge in [0.05, 0.1) is 18.4 Å². The first-order valence-corrected chi connectivity index (χ1v) is 9.96. The van der Waals surface area contributed by atoms with Crippen molar-refractivity contribution in [3.8, 4) is 5.75 Å². The lowest BCUT2D eigenvalue weighted by Gasteiger charge is -2.23. The molecule has 7 nitrogen and oxygen atoms in total. The van der Waals surface area contributed by atoms with Gasteiger partial charge in [0.1, 0.15) is 12.5 Å². The maximum atomic E-state index is 16.3. The molecule has 1 aliphatic rings. The van der Waals surface area contributed by atoms with E-state index in [2.05, 4.69) is 4.52 Å². The van der Waals surface area contributed by atoms with Crippen molar-refractivity contribution in [2.75, 3.05) is 18.7 Å². The summed E-state index contributed by atoms with van der Waals surface area (Å²) in [6, 6.07) is 5.56. The van der Waals surface area contributed by atoms with Crippen molar-refractivity contribution in [1.29, 1.82) is 0 Å². The minimum Gasteiger partial charge on any atom is -0.496 e. The molecule has 30 heavy (non-hydrogen) atoms. The summed E-state index contributed by atoms with van der Waals surface area (Å²) in [5, 5.41) is 0.0222. The van der Waals surface area contributed by atoms with Gasteiger partial charge in [0.2, 0.25) is 5.67 Å². The molecule has 0 bridgehead atoms. The van der Waals surface area contributed by atoms with Crippen molar-refractivity contribution in [2.45, 2.75) is 11.8 Å². The lowest BCUT2D eigenvalue weighted by Crippen LogP contribution is -2.39. The quantitative estimate of drug-likeness (QED) is 0.508. The largest absolute Gasteiger partial charge is 0.496 e. The van der Waals surface area contributed by atoms with Gasteiger partial charge in [0.15, 0.2) is 0 Å². The lowest BCUT2D eigenvalue weighted by molar-refractivity contribution is -0.137. The topological polar surface area (TPSA) is 96.3 Å². The number of benzene rings is 2. The molecule has 2 aromatic rings. The van der Waals surface area contributed by atoms with E-state index in [1.807, 2.05) is 0 Å². The van der Waals surface area contributed by atoms with Crippen molar-refractivity contribution in [2.24, 2.45) is 0 Å². The van der Waals surface area contributed by atoms with Gasteiger partial charge in [-0.25, -0.2) is 8.96 Å². The molecule has 1 atom stereocenters. The minimum atomic E-state index is -5.12. The second-order valence-corrected chi connectivity index (χ2v) is 7.89. The van der Waals surface area contributed by atoms with E-state index in [1.54, 1.807) is 0 Å². The zero-order valence-corrected chi connectivity index (χ0v) is 16.6. The van der Waals surface area contributed by atoms with E-state index in [4.69, 9.17) is 26.1 Å². The summed E-state index contributed by atoms with van der Waals surface area (Å²) in [6.07, 6.45) is -4.82. The highest BCUT2D eigenvalue weighted by atomic mass is 35.5. The molecular weight excluding hydrogens is 457 g/mol. The van der Waals surface area contributed by atoms with E-state index in [-0.39, 0.29) is 16.3 Å². The maximum absolute atomic E-state index is 16.3. The van der Waals surface area contributed by atoms with Gasteiger partial charge in [-0.2, -0.15) is 13.2 Å². The van der Waals surface area contributed by atoms with Gasteiger partial charge in [-0.1, -0.05) is 17.7 Å². The van der Waals surface area contributed by atoms with Crippen LogP contribution in [0.3, 0.4) is 0 Å². The Kier molecular flexibility index (Phi) is 5.63. The Balaban J connectivity index is 2.24. The van der Waals surface area contributed by atoms with Crippen molar-refractivity contribution < 1.29 is 46.0 Å². The van der Waals surface area contributed by atoms with Crippen LogP contribution < -0.4 is 9.64 Å². The molecule has 3 rings (SSSR count). The SMILES string of the molecule is COc1ccc(Cl)cc1[C@]1(F)C(=O)N(COP(=O)(O)O)c2cc(C(F)(F)F)ccc21. The van der Waals surface area contributed by atoms with Gasteiger partial charge in [-0.15, -0.1) is 0 Å². The van der Waals surface area contributed by atoms with E-state index in [9.17, 15) is 22.5 Å². The van der Waals surface area contributed by atoms with E-state index in [1.165, 1.54) is 19.2 Å². The Morgan fingerprint density at radius 3 is 2.40 bits per heavy atom. The van der Waals surface area contributed by atoms with Crippen molar-refractivity contribution in [3.05, 3.63) is 58.1 Å². The van der Waals surface area contributed by atoms with E-state index in [0.717, 1.165) is 12.1 Å². The van der Waals surface area contributed by atoms with Crippen LogP contribution in [0.15, 0.2) is 36.4 Å². The van der Waals surface area contributed by atoms with Crippen LogP contribution in [-0.4, -0.2) is 29.5 Å². The zero-order valence-electron chi connectivity index (χ0n) is 15.0. The average Bonchev–Trinajstić information content (AvgIpc) is 2.86. The second kappa shape index (κ2) is 7.51. The fourth-order valence-corrected chi connectivity index (χ4v) is 3.54. The molecule has 0 radical (unpaired) electrons. The number of hydrogen-bond acceptors (Lipinski definition) is 4. The van der Waals surface area contributed by atoms with Crippen LogP contribution in [0, 0.1) is 0 Å². The summed E-state index contributed by atoms with van der Waals surface area (Å²) in [6.45, 7) is -1.19. The lowest BCUT2D eigenvalue weighted by atomic mass is 9.88. The number of fused-ring (bicyclic) bond motifs is 1. The Labute approximate surface area is 172 Å². The number of ether oxygens (including phenoxy) is 1. The highest BCUT2D eigenvalue weighted by Crippen LogP contribution is 2.52. The molecule has 0 saturated carbocycles. The molecule has 2 N–H and O–H groups in total. The van der Waals surface area contributed by atoms with Gasteiger partial charge >= 0.3 is 14.0 Å². The summed E-state index contributed by atoms with van der Waals surface area (Å²) in [5.41, 5.74) is -5.68. The number of phosphoric acid groups is 1. The number of nitrogens with zero attached hydrogens (tertiary/aromatic N) is 1. The third-order valence-corrected chi connectivity index (χ3v) is 5.10. The minimum absolute atomic E-state index is 0.0222. The molecular formula is C17H13ClF4NO6P. The molecule has 0 spiro atoms. The van der Waals surface area contributed by atoms with E-state index < -0.39 is 49.1 Å². The van der Waals surface area contributed by atoms with Crippen LogP contribution in [0.5, 0.6) is 5.75 Å². The number of amides is 1. The van der Waals surface area contributed by atoms with E-state index in [0.29, 0.717) is 17.0 Å². The molecule has 2 aromatic carbocycles. The van der Waals surface area contributed by atoms with Gasteiger partial charge < -0.3 is 14.5 Å². The van der Waals surface area contributed by atoms with Crippen molar-refractivity contribution >= 4 is 31.0 Å². The summed E-state index contributed by atoms with van der Waals surface area (Å²) < 4.78 is 76.1. The monoisotopic (exact) mass is 469 g/mol. The zero-order chi connectivity index (χ0) is 22.5. The molecule has 1 aliphatic heterocycles. The normalized spacial score (nSPS) is 19.2. The Hall–Kier alpha value is -2.17. The summed E-state index contributed by atoms with van der Waals surface area (Å²) in [7, 11) is -3.93. The first-order valence-electron chi connectivity index (χ1n) is 8.05. The summed E-state index contributed by atoms with van der Waals surface area (Å²) in [5.74, 6) is -1.54. The van der Waals surface area contributed by atoms with Gasteiger partial charge in [0, 0.05) is 16.1 Å². The Morgan fingerprint density at radius 2 is 1.83 bits per heavy atom. The van der Waals surface area contributed by atoms with E-state index >= 15 is 4.39 Å². The van der Waals surface area contributed by atoms with Crippen LogP contribution in [0.1, 0.15) is 16.7 Å². The fraction of sp³-hybridized carbons (Fsp3) is 0.235. The number of alkyl halides is 4. The number of anilines is 1. The molecule has 0 aliphatic carbocycles. The number of carbonyl (C=O) groups is 1. The number of hydrogen-bond donors (Lipinski definition) is 2. The average molecular weight is 470 g/mol. The molecule has 0 aromatic heterocycles. The number of halogens is 5. The van der Waals surface area contributed by atoms with Crippen molar-refractivity contribution in [1.82, 2.24) is 0 Å². The van der Waals surface area contributed by atoms with Crippen LogP contribution in [-0.2, 0) is 25.7 Å². The van der Waals surface area contributed by atoms with Crippen molar-refractivity contribution in [3.63, 3.8) is 0 Å². The Bertz CT molecular complexity index is 1060. The predicted molar refractivity (Wildman–Crippen MR) is 96.8 cm³/mol. The molecule has 13 heteroatoms. The predicted octanol–water partition coefficient (Wildman–Crippen LogP) is 3.99. The molecule has 1 amide bonds. The van der Waals surface area contributed by atoms with Crippen LogP contribution in [0.4, 0.5) is 23.2 Å². The van der Waals surface area contributed by atoms with Gasteiger partial charge in [-0.3, -0.25) is 14.2 Å². The van der Waals surface area contributed by atoms with Crippen LogP contribution >= 0.6 is 19.4 Å². The number of phosphoric ester groups is 1. The summed E-state index contributed by atoms with van der Waals surface area (Å²) in [4.78, 5) is 31.2. The van der Waals surface area contributed by atoms with Gasteiger partial charge in [-0.05, 0) is 30.3 Å². The maximum Gasteiger partial charge on any atom is 0.471 e. The highest BCUT2D eigenvalue weighted by molar-refractivity contribution is 7.46. The molecule has 0 fully saturated rings. The standard InChI is InChI=1S/C17H13ClF4NO6P/c1-28-14-5-3-10(18)7-12(14)16(19)11-4-2-9(17(20,21)22)6-13(11)23(15(16)24)8-29-30(25,26)27/h2-7H,8H2,1H3,(H2,25,26,27)/t16-/m0/s1. The number of methoxy groups -OCH3 is 1. The Morgan fingerprint density at radius 1 is 1.17 bits per heavy atom. The van der Waals surface area contributed by atoms with Crippen LogP contribution in [0.25, 0.3) is 0 Å². The highest BCUT2D eigenvalue weighted by Gasteiger charge is 2.55. The molecule has 162 valence electrons. The number of carbonyl (C=O) groups excluding carboxylic acids is 1. The summed E-state index contributed by atoms with van der Waals surface area (Å²) >= 11 is 5.91. The smallest absolute Gasteiger partial charge is 0.471 e. The third-order valence-electron chi connectivity index (χ3n) is 4.41. The second-order valence-electron chi connectivity index (χ2n) is 6.21. The fourth-order valence-electron chi connectivity index (χ4n) is 3.10. The molecule has 1 heterocycles.